The number of rotatable bonds is 5. The highest BCUT2D eigenvalue weighted by molar-refractivity contribution is 5.78. The molecule has 0 radical (unpaired) electrons. The van der Waals surface area contributed by atoms with Crippen LogP contribution in [0.25, 0.3) is 0 Å². The number of likely N-dealkylation sites (N-methyl/N-ethyl adjacent to an activating group) is 1. The summed E-state index contributed by atoms with van der Waals surface area (Å²) in [5, 5.41) is 3.25. The number of carbonyl (C=O) groups is 1. The van der Waals surface area contributed by atoms with Gasteiger partial charge in [0.15, 0.2) is 0 Å². The largest absolute Gasteiger partial charge is 0.381 e. The smallest absolute Gasteiger partial charge is 0.236 e. The van der Waals surface area contributed by atoms with Gasteiger partial charge >= 0.3 is 0 Å². The molecule has 92 valence electrons. The molecular weight excluding hydrogens is 204 g/mol. The first-order chi connectivity index (χ1) is 7.75. The highest BCUT2D eigenvalue weighted by Crippen LogP contribution is 2.18. The summed E-state index contributed by atoms with van der Waals surface area (Å²) in [5.41, 5.74) is 0. The summed E-state index contributed by atoms with van der Waals surface area (Å²) in [7, 11) is 1.89. The van der Waals surface area contributed by atoms with Gasteiger partial charge in [0.1, 0.15) is 0 Å². The maximum absolute atomic E-state index is 11.8. The van der Waals surface area contributed by atoms with Crippen molar-refractivity contribution in [1.82, 2.24) is 10.2 Å². The van der Waals surface area contributed by atoms with Crippen LogP contribution in [-0.2, 0) is 9.53 Å². The maximum Gasteiger partial charge on any atom is 0.236 e. The van der Waals surface area contributed by atoms with Crippen molar-refractivity contribution in [2.45, 2.75) is 31.7 Å². The van der Waals surface area contributed by atoms with Crippen molar-refractivity contribution in [2.24, 2.45) is 5.92 Å². The van der Waals surface area contributed by atoms with E-state index in [0.717, 1.165) is 26.2 Å². The third-order valence-corrected chi connectivity index (χ3v) is 3.33. The summed E-state index contributed by atoms with van der Waals surface area (Å²) < 4.78 is 5.42. The number of amides is 1. The Kier molecular flexibility index (Phi) is 4.18. The first-order valence-electron chi connectivity index (χ1n) is 6.31. The van der Waals surface area contributed by atoms with Crippen molar-refractivity contribution >= 4 is 5.91 Å². The molecule has 0 aromatic carbocycles. The minimum Gasteiger partial charge on any atom is -0.381 e. The Hall–Kier alpha value is -0.610. The first-order valence-corrected chi connectivity index (χ1v) is 6.31. The van der Waals surface area contributed by atoms with Crippen molar-refractivity contribution < 1.29 is 9.53 Å². The molecule has 1 amide bonds. The van der Waals surface area contributed by atoms with E-state index in [2.05, 4.69) is 5.32 Å². The van der Waals surface area contributed by atoms with Crippen LogP contribution in [0.15, 0.2) is 0 Å². The van der Waals surface area contributed by atoms with Crippen LogP contribution < -0.4 is 5.32 Å². The zero-order valence-corrected chi connectivity index (χ0v) is 10.1. The molecule has 4 heteroatoms. The summed E-state index contributed by atoms with van der Waals surface area (Å²) in [5.74, 6) is 0.737. The standard InChI is InChI=1S/C12H22N2O2/c1-14(8-10-3-2-6-16-9-10)12(15)7-13-11-4-5-11/h10-11,13H,2-9H2,1H3. The van der Waals surface area contributed by atoms with Gasteiger partial charge in [-0.2, -0.15) is 0 Å². The van der Waals surface area contributed by atoms with Gasteiger partial charge in [-0.05, 0) is 31.6 Å². The fourth-order valence-corrected chi connectivity index (χ4v) is 2.09. The second kappa shape index (κ2) is 5.64. The Morgan fingerprint density at radius 3 is 2.88 bits per heavy atom. The van der Waals surface area contributed by atoms with Crippen molar-refractivity contribution in [3.8, 4) is 0 Å². The van der Waals surface area contributed by atoms with Gasteiger partial charge in [-0.15, -0.1) is 0 Å². The highest BCUT2D eigenvalue weighted by Gasteiger charge is 2.23. The van der Waals surface area contributed by atoms with E-state index < -0.39 is 0 Å². The van der Waals surface area contributed by atoms with Crippen LogP contribution in [0.1, 0.15) is 25.7 Å². The molecular formula is C12H22N2O2. The van der Waals surface area contributed by atoms with Gasteiger partial charge in [-0.3, -0.25) is 4.79 Å². The molecule has 1 N–H and O–H groups in total. The normalized spacial score (nSPS) is 25.4. The van der Waals surface area contributed by atoms with E-state index in [1.165, 1.54) is 19.3 Å². The second-order valence-electron chi connectivity index (χ2n) is 5.01. The third kappa shape index (κ3) is 3.76. The number of ether oxygens (including phenoxy) is 1. The molecule has 1 saturated heterocycles. The van der Waals surface area contributed by atoms with Crippen LogP contribution in [0.4, 0.5) is 0 Å². The summed E-state index contributed by atoms with van der Waals surface area (Å²) >= 11 is 0. The van der Waals surface area contributed by atoms with E-state index in [0.29, 0.717) is 18.5 Å². The molecule has 1 aliphatic heterocycles. The van der Waals surface area contributed by atoms with E-state index in [9.17, 15) is 4.79 Å². The number of nitrogens with one attached hydrogen (secondary N) is 1. The van der Waals surface area contributed by atoms with Gasteiger partial charge in [0, 0.05) is 26.2 Å². The van der Waals surface area contributed by atoms with Crippen LogP contribution in [-0.4, -0.2) is 50.2 Å². The Labute approximate surface area is 97.3 Å². The van der Waals surface area contributed by atoms with Gasteiger partial charge < -0.3 is 15.0 Å². The zero-order valence-electron chi connectivity index (χ0n) is 10.1. The van der Waals surface area contributed by atoms with Crippen molar-refractivity contribution in [3.63, 3.8) is 0 Å². The molecule has 1 atom stereocenters. The lowest BCUT2D eigenvalue weighted by molar-refractivity contribution is -0.130. The average molecular weight is 226 g/mol. The summed E-state index contributed by atoms with van der Waals surface area (Å²) in [6, 6.07) is 0.607. The molecule has 2 fully saturated rings. The van der Waals surface area contributed by atoms with Crippen LogP contribution in [0.3, 0.4) is 0 Å². The van der Waals surface area contributed by atoms with E-state index >= 15 is 0 Å². The molecule has 0 aromatic rings. The second-order valence-corrected chi connectivity index (χ2v) is 5.01. The van der Waals surface area contributed by atoms with Gasteiger partial charge in [0.2, 0.25) is 5.91 Å². The van der Waals surface area contributed by atoms with Crippen molar-refractivity contribution in [3.05, 3.63) is 0 Å². The monoisotopic (exact) mass is 226 g/mol. The maximum atomic E-state index is 11.8. The Morgan fingerprint density at radius 1 is 1.44 bits per heavy atom. The minimum absolute atomic E-state index is 0.206. The Morgan fingerprint density at radius 2 is 2.25 bits per heavy atom. The number of nitrogens with zero attached hydrogens (tertiary/aromatic N) is 1. The lowest BCUT2D eigenvalue weighted by atomic mass is 10.0. The number of carbonyl (C=O) groups excluding carboxylic acids is 1. The lowest BCUT2D eigenvalue weighted by Gasteiger charge is -2.27. The van der Waals surface area contributed by atoms with Crippen LogP contribution in [0.5, 0.6) is 0 Å². The molecule has 0 bridgehead atoms. The van der Waals surface area contributed by atoms with Crippen molar-refractivity contribution in [2.75, 3.05) is 33.4 Å². The number of hydrogen-bond donors (Lipinski definition) is 1. The molecule has 1 unspecified atom stereocenters. The topological polar surface area (TPSA) is 41.6 Å². The number of hydrogen-bond acceptors (Lipinski definition) is 3. The molecule has 1 saturated carbocycles. The van der Waals surface area contributed by atoms with Crippen LogP contribution >= 0.6 is 0 Å². The van der Waals surface area contributed by atoms with E-state index in [4.69, 9.17) is 4.74 Å². The lowest BCUT2D eigenvalue weighted by Crippen LogP contribution is -2.40. The van der Waals surface area contributed by atoms with Gasteiger partial charge in [0.05, 0.1) is 13.2 Å². The zero-order chi connectivity index (χ0) is 11.4. The quantitative estimate of drug-likeness (QED) is 0.747. The fourth-order valence-electron chi connectivity index (χ4n) is 2.09. The minimum atomic E-state index is 0.206. The van der Waals surface area contributed by atoms with E-state index in [1.807, 2.05) is 11.9 Å². The van der Waals surface area contributed by atoms with Crippen molar-refractivity contribution in [1.29, 1.82) is 0 Å². The predicted molar refractivity (Wildman–Crippen MR) is 62.2 cm³/mol. The Bertz CT molecular complexity index is 235. The summed E-state index contributed by atoms with van der Waals surface area (Å²) in [6.45, 7) is 3.03. The average Bonchev–Trinajstić information content (AvgIpc) is 3.11. The summed E-state index contributed by atoms with van der Waals surface area (Å²) in [6.07, 6.45) is 4.78. The van der Waals surface area contributed by atoms with Crippen LogP contribution in [0, 0.1) is 5.92 Å². The fraction of sp³-hybridized carbons (Fsp3) is 0.917. The molecule has 16 heavy (non-hydrogen) atoms. The molecule has 0 spiro atoms. The van der Waals surface area contributed by atoms with E-state index in [1.54, 1.807) is 0 Å². The molecule has 0 aromatic heterocycles. The molecule has 1 heterocycles. The van der Waals surface area contributed by atoms with Gasteiger partial charge in [-0.25, -0.2) is 0 Å². The SMILES string of the molecule is CN(CC1CCCOC1)C(=O)CNC1CC1. The highest BCUT2D eigenvalue weighted by atomic mass is 16.5. The molecule has 1 aliphatic carbocycles. The molecule has 2 aliphatic rings. The molecule has 4 nitrogen and oxygen atoms in total. The Balaban J connectivity index is 1.64. The predicted octanol–water partition coefficient (Wildman–Crippen LogP) is 0.623. The van der Waals surface area contributed by atoms with Gasteiger partial charge in [0.25, 0.3) is 0 Å². The third-order valence-electron chi connectivity index (χ3n) is 3.33. The summed E-state index contributed by atoms with van der Waals surface area (Å²) in [4.78, 5) is 13.6. The van der Waals surface area contributed by atoms with Gasteiger partial charge in [-0.1, -0.05) is 0 Å². The van der Waals surface area contributed by atoms with Crippen LogP contribution in [0.2, 0.25) is 0 Å². The molecule has 2 rings (SSSR count). The van der Waals surface area contributed by atoms with E-state index in [-0.39, 0.29) is 5.91 Å². The first kappa shape index (κ1) is 11.9.